The van der Waals surface area contributed by atoms with E-state index in [1.807, 2.05) is 74.5 Å². The van der Waals surface area contributed by atoms with Crippen LogP contribution in [0.25, 0.3) is 0 Å². The topological polar surface area (TPSA) is 86.8 Å². The van der Waals surface area contributed by atoms with Gasteiger partial charge in [0.1, 0.15) is 18.4 Å². The summed E-state index contributed by atoms with van der Waals surface area (Å²) in [4.78, 5) is 29.2. The predicted octanol–water partition coefficient (Wildman–Crippen LogP) is 5.50. The molecular weight excluding hydrogens is 565 g/mol. The van der Waals surface area contributed by atoms with E-state index >= 15 is 0 Å². The van der Waals surface area contributed by atoms with Gasteiger partial charge < -0.3 is 10.2 Å². The number of nitrogens with one attached hydrogen (secondary N) is 1. The maximum Gasteiger partial charge on any atom is 0.264 e. The van der Waals surface area contributed by atoms with Crippen molar-refractivity contribution in [3.8, 4) is 0 Å². The minimum Gasteiger partial charge on any atom is -0.354 e. The minimum atomic E-state index is -4.29. The average molecular weight is 602 g/mol. The number of carbonyl (C=O) groups excluding carboxylic acids is 2. The Morgan fingerprint density at radius 2 is 1.40 bits per heavy atom. The number of halogens is 1. The lowest BCUT2D eigenvalue weighted by atomic mass is 10.0. The summed E-state index contributed by atoms with van der Waals surface area (Å²) in [5, 5.41) is 2.93. The van der Waals surface area contributed by atoms with Gasteiger partial charge in [0.05, 0.1) is 10.6 Å². The normalized spacial score (nSPS) is 11.9. The second kappa shape index (κ2) is 14.6. The predicted molar refractivity (Wildman–Crippen MR) is 166 cm³/mol. The molecule has 1 atom stereocenters. The van der Waals surface area contributed by atoms with Gasteiger partial charge in [-0.1, -0.05) is 85.3 Å². The Kier molecular flexibility index (Phi) is 10.7. The summed E-state index contributed by atoms with van der Waals surface area (Å²) in [6.45, 7) is 3.78. The van der Waals surface area contributed by atoms with Crippen molar-refractivity contribution in [3.05, 3.63) is 132 Å². The zero-order chi connectivity index (χ0) is 30.8. The van der Waals surface area contributed by atoms with Crippen molar-refractivity contribution in [1.82, 2.24) is 10.2 Å². The molecule has 224 valence electrons. The Bertz CT molecular complexity index is 1600. The lowest BCUT2D eigenvalue weighted by molar-refractivity contribution is -0.140. The van der Waals surface area contributed by atoms with Crippen LogP contribution in [0.15, 0.2) is 114 Å². The molecule has 1 unspecified atom stereocenters. The Labute approximate surface area is 253 Å². The van der Waals surface area contributed by atoms with E-state index in [0.717, 1.165) is 33.1 Å². The van der Waals surface area contributed by atoms with Crippen molar-refractivity contribution in [2.75, 3.05) is 17.4 Å². The molecule has 0 aliphatic heterocycles. The van der Waals surface area contributed by atoms with Crippen molar-refractivity contribution in [1.29, 1.82) is 0 Å². The van der Waals surface area contributed by atoms with Gasteiger partial charge in [-0.3, -0.25) is 13.9 Å². The number of hydrogen-bond donors (Lipinski definition) is 1. The monoisotopic (exact) mass is 601 g/mol. The number of nitrogens with zero attached hydrogens (tertiary/aromatic N) is 2. The van der Waals surface area contributed by atoms with Crippen LogP contribution >= 0.6 is 0 Å². The average Bonchev–Trinajstić information content (AvgIpc) is 3.02. The van der Waals surface area contributed by atoms with Gasteiger partial charge in [-0.15, -0.1) is 0 Å². The molecule has 4 aromatic carbocycles. The van der Waals surface area contributed by atoms with Crippen molar-refractivity contribution < 1.29 is 22.4 Å². The molecule has 0 aliphatic rings. The molecule has 1 N–H and O–H groups in total. The summed E-state index contributed by atoms with van der Waals surface area (Å²) in [6, 6.07) is 29.0. The molecule has 0 fully saturated rings. The van der Waals surface area contributed by atoms with Crippen LogP contribution in [0, 0.1) is 12.7 Å². The van der Waals surface area contributed by atoms with Gasteiger partial charge in [0.2, 0.25) is 11.8 Å². The molecule has 4 aromatic rings. The quantitative estimate of drug-likeness (QED) is 0.219. The van der Waals surface area contributed by atoms with Gasteiger partial charge in [0.25, 0.3) is 10.0 Å². The molecule has 0 saturated carbocycles. The van der Waals surface area contributed by atoms with Gasteiger partial charge in [0.15, 0.2) is 0 Å². The number of rotatable bonds is 13. The number of hydrogen-bond acceptors (Lipinski definition) is 4. The summed E-state index contributed by atoms with van der Waals surface area (Å²) >= 11 is 0. The molecule has 0 spiro atoms. The third kappa shape index (κ3) is 8.29. The number of benzene rings is 4. The van der Waals surface area contributed by atoms with E-state index in [1.54, 1.807) is 24.3 Å². The molecule has 0 aliphatic carbocycles. The molecule has 0 radical (unpaired) electrons. The molecule has 0 bridgehead atoms. The lowest BCUT2D eigenvalue weighted by Crippen LogP contribution is -2.53. The van der Waals surface area contributed by atoms with Gasteiger partial charge in [-0.2, -0.15) is 0 Å². The first-order chi connectivity index (χ1) is 20.7. The Morgan fingerprint density at radius 3 is 1.98 bits per heavy atom. The first-order valence-corrected chi connectivity index (χ1v) is 15.6. The number of amides is 2. The van der Waals surface area contributed by atoms with Gasteiger partial charge >= 0.3 is 0 Å². The number of sulfonamides is 1. The molecule has 2 amide bonds. The van der Waals surface area contributed by atoms with Crippen LogP contribution in [0.2, 0.25) is 0 Å². The molecule has 0 saturated heterocycles. The van der Waals surface area contributed by atoms with E-state index in [2.05, 4.69) is 5.32 Å². The maximum atomic E-state index is 14.3. The lowest BCUT2D eigenvalue weighted by Gasteiger charge is -2.34. The number of anilines is 1. The molecule has 0 aromatic heterocycles. The third-order valence-electron chi connectivity index (χ3n) is 7.02. The van der Waals surface area contributed by atoms with E-state index in [4.69, 9.17) is 0 Å². The summed E-state index contributed by atoms with van der Waals surface area (Å²) in [5.41, 5.74) is 2.84. The van der Waals surface area contributed by atoms with Crippen LogP contribution in [-0.4, -0.2) is 44.3 Å². The van der Waals surface area contributed by atoms with Crippen LogP contribution in [0.3, 0.4) is 0 Å². The van der Waals surface area contributed by atoms with E-state index < -0.39 is 34.3 Å². The largest absolute Gasteiger partial charge is 0.354 e. The van der Waals surface area contributed by atoms with Gasteiger partial charge in [0, 0.05) is 19.5 Å². The molecule has 43 heavy (non-hydrogen) atoms. The van der Waals surface area contributed by atoms with Crippen LogP contribution in [-0.2, 0) is 32.6 Å². The van der Waals surface area contributed by atoms with E-state index in [0.29, 0.717) is 13.0 Å². The van der Waals surface area contributed by atoms with Gasteiger partial charge in [-0.25, -0.2) is 12.8 Å². The summed E-state index contributed by atoms with van der Waals surface area (Å²) in [6.07, 6.45) is 0.956. The maximum absolute atomic E-state index is 14.3. The SMILES string of the molecule is CCCNC(=O)C(Cc1ccccc1)N(Cc1ccccc1)C(=O)CN(c1ccc(C)cc1)S(=O)(=O)c1ccc(F)cc1. The molecule has 7 nitrogen and oxygen atoms in total. The summed E-state index contributed by atoms with van der Waals surface area (Å²) in [7, 11) is -4.29. The first-order valence-electron chi connectivity index (χ1n) is 14.2. The zero-order valence-electron chi connectivity index (χ0n) is 24.3. The fourth-order valence-electron chi connectivity index (χ4n) is 4.67. The van der Waals surface area contributed by atoms with E-state index in [9.17, 15) is 22.4 Å². The van der Waals surface area contributed by atoms with Crippen molar-refractivity contribution >= 4 is 27.5 Å². The Balaban J connectivity index is 1.77. The van der Waals surface area contributed by atoms with Crippen LogP contribution < -0.4 is 9.62 Å². The fraction of sp³-hybridized carbons (Fsp3) is 0.235. The minimum absolute atomic E-state index is 0.0923. The van der Waals surface area contributed by atoms with E-state index in [1.165, 1.54) is 17.0 Å². The van der Waals surface area contributed by atoms with Crippen molar-refractivity contribution in [3.63, 3.8) is 0 Å². The molecular formula is C34H36FN3O4S. The second-order valence-electron chi connectivity index (χ2n) is 10.3. The highest BCUT2D eigenvalue weighted by atomic mass is 32.2. The number of aryl methyl sites for hydroxylation is 1. The standard InChI is InChI=1S/C34H36FN3O4S/c1-3-22-36-34(40)32(23-27-10-6-4-7-11-27)37(24-28-12-8-5-9-13-28)33(39)25-38(30-18-14-26(2)15-19-30)43(41,42)31-20-16-29(35)17-21-31/h4-21,32H,3,22-25H2,1-2H3,(H,36,40). The highest BCUT2D eigenvalue weighted by molar-refractivity contribution is 7.92. The smallest absolute Gasteiger partial charge is 0.264 e. The van der Waals surface area contributed by atoms with Crippen LogP contribution in [0.5, 0.6) is 0 Å². The third-order valence-corrected chi connectivity index (χ3v) is 8.81. The second-order valence-corrected chi connectivity index (χ2v) is 12.2. The van der Waals surface area contributed by atoms with Crippen LogP contribution in [0.4, 0.5) is 10.1 Å². The fourth-order valence-corrected chi connectivity index (χ4v) is 6.09. The number of carbonyl (C=O) groups is 2. The molecule has 9 heteroatoms. The zero-order valence-corrected chi connectivity index (χ0v) is 25.1. The molecule has 0 heterocycles. The Morgan fingerprint density at radius 1 is 0.814 bits per heavy atom. The first kappa shape index (κ1) is 31.4. The molecule has 4 rings (SSSR count). The van der Waals surface area contributed by atoms with Crippen molar-refractivity contribution in [2.45, 2.75) is 44.2 Å². The Hall–Kier alpha value is -4.50. The highest BCUT2D eigenvalue weighted by Gasteiger charge is 2.34. The summed E-state index contributed by atoms with van der Waals surface area (Å²) in [5.74, 6) is -1.45. The van der Waals surface area contributed by atoms with Crippen LogP contribution in [0.1, 0.15) is 30.0 Å². The highest BCUT2D eigenvalue weighted by Crippen LogP contribution is 2.25. The van der Waals surface area contributed by atoms with Crippen molar-refractivity contribution in [2.24, 2.45) is 0 Å². The summed E-state index contributed by atoms with van der Waals surface area (Å²) < 4.78 is 42.6. The van der Waals surface area contributed by atoms with E-state index in [-0.39, 0.29) is 29.5 Å². The van der Waals surface area contributed by atoms with Gasteiger partial charge in [-0.05, 0) is 60.9 Å².